The second-order valence-electron chi connectivity index (χ2n) is 7.63. The highest BCUT2D eigenvalue weighted by molar-refractivity contribution is 6.30. The van der Waals surface area contributed by atoms with E-state index in [-0.39, 0.29) is 18.2 Å². The summed E-state index contributed by atoms with van der Waals surface area (Å²) in [6.45, 7) is 5.72. The van der Waals surface area contributed by atoms with Gasteiger partial charge in [0.15, 0.2) is 0 Å². The summed E-state index contributed by atoms with van der Waals surface area (Å²) in [5.41, 5.74) is 0.732. The number of amides is 1. The Hall–Kier alpha value is -2.08. The molecule has 30 heavy (non-hydrogen) atoms. The number of carboxylic acid groups (broad SMARTS) is 2. The van der Waals surface area contributed by atoms with Crippen LogP contribution in [0.25, 0.3) is 0 Å². The molecule has 3 N–H and O–H groups in total. The maximum absolute atomic E-state index is 11.6. The summed E-state index contributed by atoms with van der Waals surface area (Å²) in [6, 6.07) is 6.25. The van der Waals surface area contributed by atoms with Crippen molar-refractivity contribution in [2.24, 2.45) is 5.92 Å². The van der Waals surface area contributed by atoms with Crippen LogP contribution < -0.4 is 5.32 Å². The quantitative estimate of drug-likeness (QED) is 0.333. The fourth-order valence-corrected chi connectivity index (χ4v) is 2.82. The Morgan fingerprint density at radius 1 is 0.900 bits per heavy atom. The van der Waals surface area contributed by atoms with E-state index in [1.165, 1.54) is 32.1 Å². The first-order chi connectivity index (χ1) is 14.2. The van der Waals surface area contributed by atoms with E-state index >= 15 is 0 Å². The second kappa shape index (κ2) is 16.7. The molecule has 0 fully saturated rings. The Morgan fingerprint density at radius 3 is 1.90 bits per heavy atom. The van der Waals surface area contributed by atoms with Crippen LogP contribution in [0.15, 0.2) is 24.3 Å². The zero-order valence-corrected chi connectivity index (χ0v) is 19.1. The summed E-state index contributed by atoms with van der Waals surface area (Å²) in [5.74, 6) is -1.98. The molecular formula is C23H36ClNO5. The first-order valence-electron chi connectivity index (χ1n) is 10.7. The number of aliphatic carboxylic acids is 2. The number of nitrogens with one attached hydrogen (secondary N) is 1. The van der Waals surface area contributed by atoms with Gasteiger partial charge in [0.2, 0.25) is 5.91 Å². The molecule has 1 rings (SSSR count). The van der Waals surface area contributed by atoms with Gasteiger partial charge in [0, 0.05) is 17.4 Å². The number of halogens is 1. The van der Waals surface area contributed by atoms with Crippen LogP contribution in [-0.4, -0.2) is 28.1 Å². The number of carboxylic acids is 2. The number of unbranched alkanes of at least 4 members (excludes halogenated alkanes) is 6. The van der Waals surface area contributed by atoms with Crippen molar-refractivity contribution in [1.29, 1.82) is 0 Å². The van der Waals surface area contributed by atoms with Gasteiger partial charge in [0.25, 0.3) is 0 Å². The maximum atomic E-state index is 11.6. The highest BCUT2D eigenvalue weighted by Gasteiger charge is 2.19. The normalized spacial score (nSPS) is 11.4. The van der Waals surface area contributed by atoms with Crippen molar-refractivity contribution in [3.8, 4) is 0 Å². The fourth-order valence-electron chi connectivity index (χ4n) is 2.69. The highest BCUT2D eigenvalue weighted by Crippen LogP contribution is 2.20. The van der Waals surface area contributed by atoms with Crippen molar-refractivity contribution in [3.05, 3.63) is 34.9 Å². The van der Waals surface area contributed by atoms with Crippen LogP contribution in [0.4, 0.5) is 0 Å². The molecule has 0 saturated carbocycles. The second-order valence-corrected chi connectivity index (χ2v) is 8.07. The third-order valence-electron chi connectivity index (χ3n) is 4.49. The van der Waals surface area contributed by atoms with Gasteiger partial charge in [-0.2, -0.15) is 0 Å². The summed E-state index contributed by atoms with van der Waals surface area (Å²) in [7, 11) is 0. The molecule has 1 atom stereocenters. The van der Waals surface area contributed by atoms with E-state index in [1.54, 1.807) is 38.1 Å². The number of hydrogen-bond acceptors (Lipinski definition) is 3. The average molecular weight is 442 g/mol. The summed E-state index contributed by atoms with van der Waals surface area (Å²) >= 11 is 5.77. The van der Waals surface area contributed by atoms with E-state index in [1.807, 2.05) is 0 Å². The standard InChI is InChI=1S/C13H16ClNO3.C10H20O2/c1-8(2)13(18)15-11(7-12(16)17)9-3-5-10(14)6-4-9;1-2-3-4-5-6-7-8-9-10(11)12/h3-6,8,11H,7H2,1-2H3,(H,15,18)(H,16,17);2-9H2,1H3,(H,11,12). The largest absolute Gasteiger partial charge is 0.481 e. The van der Waals surface area contributed by atoms with E-state index in [2.05, 4.69) is 12.2 Å². The Kier molecular flexibility index (Phi) is 15.5. The van der Waals surface area contributed by atoms with Crippen molar-refractivity contribution >= 4 is 29.4 Å². The van der Waals surface area contributed by atoms with Crippen LogP contribution in [0.1, 0.15) is 90.2 Å². The number of hydrogen-bond donors (Lipinski definition) is 3. The fraction of sp³-hybridized carbons (Fsp3) is 0.609. The molecule has 170 valence electrons. The molecule has 0 aromatic heterocycles. The third kappa shape index (κ3) is 14.9. The Bertz CT molecular complexity index is 631. The number of carbonyl (C=O) groups is 3. The lowest BCUT2D eigenvalue weighted by molar-refractivity contribution is -0.138. The monoisotopic (exact) mass is 441 g/mol. The summed E-state index contributed by atoms with van der Waals surface area (Å²) in [5, 5.41) is 20.5. The summed E-state index contributed by atoms with van der Waals surface area (Å²) in [4.78, 5) is 32.6. The minimum absolute atomic E-state index is 0.153. The van der Waals surface area contributed by atoms with Crippen LogP contribution >= 0.6 is 11.6 Å². The molecule has 1 aromatic carbocycles. The molecular weight excluding hydrogens is 406 g/mol. The van der Waals surface area contributed by atoms with E-state index < -0.39 is 18.0 Å². The van der Waals surface area contributed by atoms with E-state index in [0.717, 1.165) is 18.4 Å². The molecule has 0 aliphatic heterocycles. The smallest absolute Gasteiger partial charge is 0.305 e. The van der Waals surface area contributed by atoms with Gasteiger partial charge in [-0.25, -0.2) is 0 Å². The highest BCUT2D eigenvalue weighted by atomic mass is 35.5. The number of carbonyl (C=O) groups excluding carboxylic acids is 1. The van der Waals surface area contributed by atoms with Gasteiger partial charge >= 0.3 is 11.9 Å². The first-order valence-corrected chi connectivity index (χ1v) is 11.0. The number of rotatable bonds is 13. The molecule has 0 aliphatic carbocycles. The van der Waals surface area contributed by atoms with Crippen molar-refractivity contribution < 1.29 is 24.6 Å². The van der Waals surface area contributed by atoms with Gasteiger partial charge in [-0.3, -0.25) is 14.4 Å². The van der Waals surface area contributed by atoms with E-state index in [9.17, 15) is 14.4 Å². The van der Waals surface area contributed by atoms with Crippen LogP contribution in [-0.2, 0) is 14.4 Å². The van der Waals surface area contributed by atoms with Gasteiger partial charge in [0.05, 0.1) is 12.5 Å². The van der Waals surface area contributed by atoms with Crippen molar-refractivity contribution in [1.82, 2.24) is 5.32 Å². The summed E-state index contributed by atoms with van der Waals surface area (Å²) < 4.78 is 0. The van der Waals surface area contributed by atoms with Crippen molar-refractivity contribution in [2.75, 3.05) is 0 Å². The predicted octanol–water partition coefficient (Wildman–Crippen LogP) is 5.84. The Balaban J connectivity index is 0.000000612. The molecule has 0 bridgehead atoms. The van der Waals surface area contributed by atoms with E-state index in [0.29, 0.717) is 11.4 Å². The molecule has 0 saturated heterocycles. The summed E-state index contributed by atoms with van der Waals surface area (Å²) in [6.07, 6.45) is 8.49. The third-order valence-corrected chi connectivity index (χ3v) is 4.74. The molecule has 1 amide bonds. The molecule has 6 nitrogen and oxygen atoms in total. The zero-order chi connectivity index (χ0) is 22.9. The van der Waals surface area contributed by atoms with Crippen LogP contribution in [0.2, 0.25) is 5.02 Å². The Labute approximate surface area is 185 Å². The zero-order valence-electron chi connectivity index (χ0n) is 18.3. The molecule has 0 radical (unpaired) electrons. The van der Waals surface area contributed by atoms with Gasteiger partial charge in [-0.05, 0) is 24.1 Å². The van der Waals surface area contributed by atoms with Crippen molar-refractivity contribution in [3.63, 3.8) is 0 Å². The maximum Gasteiger partial charge on any atom is 0.305 e. The first kappa shape index (κ1) is 27.9. The van der Waals surface area contributed by atoms with Gasteiger partial charge in [-0.15, -0.1) is 0 Å². The molecule has 7 heteroatoms. The van der Waals surface area contributed by atoms with Crippen LogP contribution in [0.3, 0.4) is 0 Å². The van der Waals surface area contributed by atoms with Crippen molar-refractivity contribution in [2.45, 2.75) is 84.6 Å². The lowest BCUT2D eigenvalue weighted by Gasteiger charge is -2.18. The molecule has 1 aromatic rings. The minimum Gasteiger partial charge on any atom is -0.481 e. The van der Waals surface area contributed by atoms with Crippen LogP contribution in [0.5, 0.6) is 0 Å². The van der Waals surface area contributed by atoms with Gasteiger partial charge in [-0.1, -0.05) is 83.0 Å². The molecule has 0 spiro atoms. The molecule has 1 unspecified atom stereocenters. The van der Waals surface area contributed by atoms with Gasteiger partial charge in [0.1, 0.15) is 0 Å². The topological polar surface area (TPSA) is 104 Å². The lowest BCUT2D eigenvalue weighted by Crippen LogP contribution is -2.33. The van der Waals surface area contributed by atoms with Gasteiger partial charge < -0.3 is 15.5 Å². The lowest BCUT2D eigenvalue weighted by atomic mass is 10.0. The SMILES string of the molecule is CC(C)C(=O)NC(CC(=O)O)c1ccc(Cl)cc1.CCCCCCCCCC(=O)O. The van der Waals surface area contributed by atoms with Crippen LogP contribution in [0, 0.1) is 5.92 Å². The Morgan fingerprint density at radius 2 is 1.43 bits per heavy atom. The average Bonchev–Trinajstić information content (AvgIpc) is 2.67. The van der Waals surface area contributed by atoms with E-state index in [4.69, 9.17) is 21.8 Å². The molecule has 0 aliphatic rings. The minimum atomic E-state index is -0.959. The molecule has 0 heterocycles. The predicted molar refractivity (Wildman–Crippen MR) is 120 cm³/mol. The number of benzene rings is 1.